The monoisotopic (exact) mass is 262 g/mol. The van der Waals surface area contributed by atoms with Crippen LogP contribution in [0.25, 0.3) is 0 Å². The van der Waals surface area contributed by atoms with Crippen LogP contribution in [-0.4, -0.2) is 19.0 Å². The van der Waals surface area contributed by atoms with Gasteiger partial charge in [0.15, 0.2) is 0 Å². The Morgan fingerprint density at radius 3 is 2.26 bits per heavy atom. The van der Waals surface area contributed by atoms with E-state index in [1.54, 1.807) is 0 Å². The van der Waals surface area contributed by atoms with Gasteiger partial charge in [0.2, 0.25) is 5.91 Å². The standard InChI is InChI=1S/C16H26N2O/c1-4-14(5-2)16(19)18(12-6-11-17)15-9-7-13(3)8-10-15/h7-10,14H,4-6,11-12,17H2,1-3H3. The van der Waals surface area contributed by atoms with Gasteiger partial charge in [-0.3, -0.25) is 4.79 Å². The molecule has 3 nitrogen and oxygen atoms in total. The smallest absolute Gasteiger partial charge is 0.230 e. The molecule has 0 atom stereocenters. The Morgan fingerprint density at radius 1 is 1.21 bits per heavy atom. The van der Waals surface area contributed by atoms with E-state index in [0.29, 0.717) is 13.1 Å². The molecule has 0 saturated carbocycles. The van der Waals surface area contributed by atoms with Gasteiger partial charge in [-0.25, -0.2) is 0 Å². The van der Waals surface area contributed by atoms with Crippen LogP contribution in [0, 0.1) is 12.8 Å². The van der Waals surface area contributed by atoms with Crippen molar-refractivity contribution >= 4 is 11.6 Å². The minimum Gasteiger partial charge on any atom is -0.330 e. The lowest BCUT2D eigenvalue weighted by atomic mass is 10.0. The lowest BCUT2D eigenvalue weighted by Gasteiger charge is -2.26. The number of hydrogen-bond acceptors (Lipinski definition) is 2. The van der Waals surface area contributed by atoms with Gasteiger partial charge in [-0.2, -0.15) is 0 Å². The van der Waals surface area contributed by atoms with Crippen molar-refractivity contribution in [3.05, 3.63) is 29.8 Å². The van der Waals surface area contributed by atoms with Gasteiger partial charge in [-0.15, -0.1) is 0 Å². The first kappa shape index (κ1) is 15.7. The predicted octanol–water partition coefficient (Wildman–Crippen LogP) is 3.11. The molecule has 2 N–H and O–H groups in total. The van der Waals surface area contributed by atoms with Gasteiger partial charge in [0.1, 0.15) is 0 Å². The van der Waals surface area contributed by atoms with Gasteiger partial charge in [0.25, 0.3) is 0 Å². The molecule has 0 aliphatic carbocycles. The lowest BCUT2D eigenvalue weighted by molar-refractivity contribution is -0.122. The topological polar surface area (TPSA) is 46.3 Å². The fraction of sp³-hybridized carbons (Fsp3) is 0.562. The van der Waals surface area contributed by atoms with Crippen molar-refractivity contribution in [2.45, 2.75) is 40.0 Å². The number of nitrogens with two attached hydrogens (primary N) is 1. The molecule has 3 heteroatoms. The van der Waals surface area contributed by atoms with Crippen LogP contribution in [0.15, 0.2) is 24.3 Å². The van der Waals surface area contributed by atoms with Crippen molar-refractivity contribution in [3.63, 3.8) is 0 Å². The summed E-state index contributed by atoms with van der Waals surface area (Å²) in [5.41, 5.74) is 7.77. The third-order valence-corrected chi connectivity index (χ3v) is 3.53. The lowest BCUT2D eigenvalue weighted by Crippen LogP contribution is -2.37. The first-order valence-electron chi connectivity index (χ1n) is 7.22. The van der Waals surface area contributed by atoms with Crippen LogP contribution in [0.3, 0.4) is 0 Å². The van der Waals surface area contributed by atoms with Gasteiger partial charge in [0, 0.05) is 18.2 Å². The highest BCUT2D eigenvalue weighted by Crippen LogP contribution is 2.20. The molecule has 0 saturated heterocycles. The maximum Gasteiger partial charge on any atom is 0.230 e. The van der Waals surface area contributed by atoms with E-state index in [0.717, 1.165) is 24.9 Å². The van der Waals surface area contributed by atoms with Crippen LogP contribution in [0.2, 0.25) is 0 Å². The Hall–Kier alpha value is -1.35. The number of amides is 1. The molecule has 1 amide bonds. The van der Waals surface area contributed by atoms with Gasteiger partial charge in [-0.05, 0) is 44.9 Å². The first-order chi connectivity index (χ1) is 9.13. The molecule has 0 spiro atoms. The molecule has 0 aliphatic heterocycles. The maximum atomic E-state index is 12.6. The molecule has 1 aromatic carbocycles. The number of benzene rings is 1. The summed E-state index contributed by atoms with van der Waals surface area (Å²) in [6.45, 7) is 7.51. The minimum absolute atomic E-state index is 0.110. The van der Waals surface area contributed by atoms with Crippen molar-refractivity contribution < 1.29 is 4.79 Å². The van der Waals surface area contributed by atoms with Gasteiger partial charge in [-0.1, -0.05) is 31.5 Å². The van der Waals surface area contributed by atoms with E-state index in [1.165, 1.54) is 5.56 Å². The summed E-state index contributed by atoms with van der Waals surface area (Å²) < 4.78 is 0. The third kappa shape index (κ3) is 4.35. The van der Waals surface area contributed by atoms with Crippen LogP contribution in [0.4, 0.5) is 5.69 Å². The van der Waals surface area contributed by atoms with E-state index in [9.17, 15) is 4.79 Å². The number of anilines is 1. The molecule has 0 heterocycles. The van der Waals surface area contributed by atoms with Crippen LogP contribution in [0.1, 0.15) is 38.7 Å². The Balaban J connectivity index is 2.93. The zero-order valence-corrected chi connectivity index (χ0v) is 12.4. The summed E-state index contributed by atoms with van der Waals surface area (Å²) in [4.78, 5) is 14.5. The highest BCUT2D eigenvalue weighted by molar-refractivity contribution is 5.95. The fourth-order valence-electron chi connectivity index (χ4n) is 2.20. The molecule has 0 aromatic heterocycles. The largest absolute Gasteiger partial charge is 0.330 e. The molecule has 0 bridgehead atoms. The number of carbonyl (C=O) groups excluding carboxylic acids is 1. The van der Waals surface area contributed by atoms with Crippen molar-refractivity contribution in [2.75, 3.05) is 18.0 Å². The second kappa shape index (κ2) is 7.95. The van der Waals surface area contributed by atoms with E-state index in [-0.39, 0.29) is 11.8 Å². The summed E-state index contributed by atoms with van der Waals surface area (Å²) >= 11 is 0. The molecule has 19 heavy (non-hydrogen) atoms. The molecular formula is C16H26N2O. The van der Waals surface area contributed by atoms with Crippen molar-refractivity contribution in [3.8, 4) is 0 Å². The minimum atomic E-state index is 0.110. The normalized spacial score (nSPS) is 10.8. The third-order valence-electron chi connectivity index (χ3n) is 3.53. The first-order valence-corrected chi connectivity index (χ1v) is 7.22. The molecule has 0 fully saturated rings. The molecule has 1 aromatic rings. The second-order valence-corrected chi connectivity index (χ2v) is 4.98. The molecule has 1 rings (SSSR count). The molecule has 0 radical (unpaired) electrons. The predicted molar refractivity (Wildman–Crippen MR) is 81.3 cm³/mol. The van der Waals surface area contributed by atoms with E-state index >= 15 is 0 Å². The van der Waals surface area contributed by atoms with E-state index in [2.05, 4.69) is 20.8 Å². The summed E-state index contributed by atoms with van der Waals surface area (Å²) in [5, 5.41) is 0. The van der Waals surface area contributed by atoms with E-state index in [4.69, 9.17) is 5.73 Å². The number of aryl methyl sites for hydroxylation is 1. The van der Waals surface area contributed by atoms with E-state index < -0.39 is 0 Å². The van der Waals surface area contributed by atoms with Crippen LogP contribution in [-0.2, 0) is 4.79 Å². The van der Waals surface area contributed by atoms with Gasteiger partial charge in [0.05, 0.1) is 0 Å². The second-order valence-electron chi connectivity index (χ2n) is 4.98. The highest BCUT2D eigenvalue weighted by atomic mass is 16.2. The molecule has 0 aliphatic rings. The van der Waals surface area contributed by atoms with E-state index in [1.807, 2.05) is 29.2 Å². The Bertz CT molecular complexity index is 382. The van der Waals surface area contributed by atoms with Crippen molar-refractivity contribution in [2.24, 2.45) is 11.7 Å². The molecule has 0 unspecified atom stereocenters. The van der Waals surface area contributed by atoms with Crippen LogP contribution < -0.4 is 10.6 Å². The number of hydrogen-bond donors (Lipinski definition) is 1. The summed E-state index contributed by atoms with van der Waals surface area (Å²) in [5.74, 6) is 0.335. The fourth-order valence-corrected chi connectivity index (χ4v) is 2.20. The average molecular weight is 262 g/mol. The number of nitrogens with zero attached hydrogens (tertiary/aromatic N) is 1. The summed E-state index contributed by atoms with van der Waals surface area (Å²) in [6, 6.07) is 8.13. The Labute approximate surface area is 116 Å². The maximum absolute atomic E-state index is 12.6. The number of carbonyl (C=O) groups is 1. The van der Waals surface area contributed by atoms with Gasteiger partial charge < -0.3 is 10.6 Å². The van der Waals surface area contributed by atoms with Crippen molar-refractivity contribution in [1.82, 2.24) is 0 Å². The van der Waals surface area contributed by atoms with Gasteiger partial charge >= 0.3 is 0 Å². The van der Waals surface area contributed by atoms with Crippen LogP contribution >= 0.6 is 0 Å². The van der Waals surface area contributed by atoms with Crippen molar-refractivity contribution in [1.29, 1.82) is 0 Å². The Kier molecular flexibility index (Phi) is 6.57. The SMILES string of the molecule is CCC(CC)C(=O)N(CCCN)c1ccc(C)cc1. The molecular weight excluding hydrogens is 236 g/mol. The highest BCUT2D eigenvalue weighted by Gasteiger charge is 2.22. The quantitative estimate of drug-likeness (QED) is 0.820. The zero-order valence-electron chi connectivity index (χ0n) is 12.4. The summed E-state index contributed by atoms with van der Waals surface area (Å²) in [6.07, 6.45) is 2.61. The average Bonchev–Trinajstić information content (AvgIpc) is 2.42. The Morgan fingerprint density at radius 2 is 1.79 bits per heavy atom. The van der Waals surface area contributed by atoms with Crippen LogP contribution in [0.5, 0.6) is 0 Å². The molecule has 106 valence electrons. The summed E-state index contributed by atoms with van der Waals surface area (Å²) in [7, 11) is 0. The zero-order chi connectivity index (χ0) is 14.3. The number of rotatable bonds is 7.